The van der Waals surface area contributed by atoms with Gasteiger partial charge in [0.15, 0.2) is 28.2 Å². The van der Waals surface area contributed by atoms with Crippen molar-refractivity contribution in [3.05, 3.63) is 124 Å². The number of carboxylic acid groups (broad SMARTS) is 1. The van der Waals surface area contributed by atoms with Crippen LogP contribution in [0.4, 0.5) is 27.6 Å². The van der Waals surface area contributed by atoms with E-state index in [4.69, 9.17) is 9.47 Å². The second-order valence-corrected chi connectivity index (χ2v) is 14.3. The number of anilines is 1. The first-order valence-corrected chi connectivity index (χ1v) is 17.9. The van der Waals surface area contributed by atoms with Gasteiger partial charge in [0, 0.05) is 31.5 Å². The van der Waals surface area contributed by atoms with Crippen molar-refractivity contribution in [2.45, 2.75) is 55.7 Å². The van der Waals surface area contributed by atoms with Crippen molar-refractivity contribution in [1.29, 1.82) is 0 Å². The van der Waals surface area contributed by atoms with Gasteiger partial charge < -0.3 is 19.5 Å². The first-order valence-electron chi connectivity index (χ1n) is 16.4. The predicted molar refractivity (Wildman–Crippen MR) is 178 cm³/mol. The molecule has 6 rings (SSSR count). The van der Waals surface area contributed by atoms with Gasteiger partial charge in [0.2, 0.25) is 21.7 Å². The number of aromatic carboxylic acids is 1. The maximum absolute atomic E-state index is 14.8. The van der Waals surface area contributed by atoms with E-state index in [1.165, 1.54) is 23.1 Å². The summed E-state index contributed by atoms with van der Waals surface area (Å²) in [5.74, 6) is -14.5. The minimum Gasteiger partial charge on any atom is -0.488 e. The molecule has 274 valence electrons. The minimum absolute atomic E-state index is 0.0250. The van der Waals surface area contributed by atoms with E-state index in [-0.39, 0.29) is 48.9 Å². The summed E-state index contributed by atoms with van der Waals surface area (Å²) in [5, 5.41) is 9.90. The van der Waals surface area contributed by atoms with Crippen molar-refractivity contribution >= 4 is 27.6 Å². The Morgan fingerprint density at radius 3 is 2.10 bits per heavy atom. The van der Waals surface area contributed by atoms with Crippen LogP contribution in [0.3, 0.4) is 0 Å². The average Bonchev–Trinajstić information content (AvgIpc) is 3.67. The van der Waals surface area contributed by atoms with E-state index in [1.54, 1.807) is 42.5 Å². The number of benzene rings is 4. The lowest BCUT2D eigenvalue weighted by Crippen LogP contribution is -2.48. The molecule has 2 heterocycles. The highest BCUT2D eigenvalue weighted by atomic mass is 32.2. The monoisotopic (exact) mass is 744 g/mol. The Bertz CT molecular complexity index is 2050. The maximum Gasteiger partial charge on any atom is 0.339 e. The molecule has 52 heavy (non-hydrogen) atoms. The van der Waals surface area contributed by atoms with E-state index in [9.17, 15) is 45.1 Å². The number of rotatable bonds is 11. The number of hydrogen-bond acceptors (Lipinski definition) is 6. The summed E-state index contributed by atoms with van der Waals surface area (Å²) in [4.78, 5) is 25.7. The van der Waals surface area contributed by atoms with E-state index in [1.807, 2.05) is 12.1 Å². The third-order valence-corrected chi connectivity index (χ3v) is 11.2. The molecule has 1 amide bonds. The molecule has 9 nitrogen and oxygen atoms in total. The fourth-order valence-corrected chi connectivity index (χ4v) is 8.27. The molecule has 0 spiro atoms. The average molecular weight is 745 g/mol. The Kier molecular flexibility index (Phi) is 10.9. The lowest BCUT2D eigenvalue weighted by molar-refractivity contribution is -0.121. The summed E-state index contributed by atoms with van der Waals surface area (Å²) in [6.45, 7) is 0.616. The first-order chi connectivity index (χ1) is 24.9. The van der Waals surface area contributed by atoms with Gasteiger partial charge in [-0.15, -0.1) is 0 Å². The van der Waals surface area contributed by atoms with Crippen LogP contribution in [0.15, 0.2) is 77.7 Å². The number of carbonyl (C=O) groups is 2. The van der Waals surface area contributed by atoms with Crippen molar-refractivity contribution in [2.24, 2.45) is 0 Å². The SMILES string of the molecule is O=C(O)c1ccc(N(Cc2ccc(C3CCOCC3)cc2)C(=O)[C@H]2CCCN2S(=O)(=O)c2c(F)c(F)c(F)c(F)c2F)cc1OCc1ccccc1. The van der Waals surface area contributed by atoms with Crippen LogP contribution in [0.2, 0.25) is 0 Å². The van der Waals surface area contributed by atoms with Crippen molar-refractivity contribution in [3.63, 3.8) is 0 Å². The van der Waals surface area contributed by atoms with E-state index < -0.39 is 68.5 Å². The molecule has 0 aliphatic carbocycles. The van der Waals surface area contributed by atoms with Gasteiger partial charge in [0.25, 0.3) is 0 Å². The lowest BCUT2D eigenvalue weighted by atomic mass is 9.91. The topological polar surface area (TPSA) is 113 Å². The highest BCUT2D eigenvalue weighted by Gasteiger charge is 2.45. The Morgan fingerprint density at radius 1 is 0.827 bits per heavy atom. The summed E-state index contributed by atoms with van der Waals surface area (Å²) in [6, 6.07) is 18.5. The molecular formula is C37H33F5N2O7S. The second-order valence-electron chi connectivity index (χ2n) is 12.5. The zero-order valence-electron chi connectivity index (χ0n) is 27.5. The molecule has 0 aromatic heterocycles. The van der Waals surface area contributed by atoms with Crippen LogP contribution in [0, 0.1) is 29.1 Å². The molecule has 0 bridgehead atoms. The van der Waals surface area contributed by atoms with Crippen LogP contribution >= 0.6 is 0 Å². The van der Waals surface area contributed by atoms with Gasteiger partial charge in [-0.05, 0) is 60.4 Å². The van der Waals surface area contributed by atoms with E-state index >= 15 is 0 Å². The van der Waals surface area contributed by atoms with Crippen LogP contribution < -0.4 is 9.64 Å². The molecule has 1 atom stereocenters. The molecule has 2 fully saturated rings. The lowest BCUT2D eigenvalue weighted by Gasteiger charge is -2.31. The quantitative estimate of drug-likeness (QED) is 0.101. The Hall–Kier alpha value is -4.86. The Balaban J connectivity index is 1.38. The molecule has 0 unspecified atom stereocenters. The van der Waals surface area contributed by atoms with Gasteiger partial charge in [-0.1, -0.05) is 54.6 Å². The fourth-order valence-electron chi connectivity index (χ4n) is 6.50. The number of hydrogen-bond donors (Lipinski definition) is 1. The molecule has 4 aromatic rings. The normalized spacial score (nSPS) is 16.9. The first kappa shape index (κ1) is 36.9. The molecule has 2 aliphatic heterocycles. The van der Waals surface area contributed by atoms with Crippen LogP contribution in [0.1, 0.15) is 58.6 Å². The molecule has 0 radical (unpaired) electrons. The van der Waals surface area contributed by atoms with Crippen molar-refractivity contribution in [3.8, 4) is 5.75 Å². The van der Waals surface area contributed by atoms with Crippen molar-refractivity contribution in [2.75, 3.05) is 24.7 Å². The number of amides is 1. The van der Waals surface area contributed by atoms with Gasteiger partial charge in [-0.25, -0.2) is 35.2 Å². The van der Waals surface area contributed by atoms with Gasteiger partial charge in [-0.3, -0.25) is 4.79 Å². The van der Waals surface area contributed by atoms with Crippen LogP contribution in [-0.4, -0.2) is 55.5 Å². The second kappa shape index (κ2) is 15.4. The molecule has 1 N–H and O–H groups in total. The third-order valence-electron chi connectivity index (χ3n) is 9.25. The number of sulfonamides is 1. The number of carbonyl (C=O) groups excluding carboxylic acids is 1. The molecule has 2 saturated heterocycles. The van der Waals surface area contributed by atoms with E-state index in [2.05, 4.69) is 0 Å². The fraction of sp³-hybridized carbons (Fsp3) is 0.297. The maximum atomic E-state index is 14.8. The largest absolute Gasteiger partial charge is 0.488 e. The number of halogens is 5. The van der Waals surface area contributed by atoms with Gasteiger partial charge in [0.05, 0.1) is 6.54 Å². The standard InChI is InChI=1S/C37H33F5N2O7S/c38-30-31(39)33(41)35(34(42)32(30)40)52(48,49)44-16-4-7-28(44)36(45)43(20-22-8-10-24(11-9-22)25-14-17-50-18-15-25)26-12-13-27(37(46)47)29(19-26)51-21-23-5-2-1-3-6-23/h1-3,5-6,8-13,19,25,28H,4,7,14-18,20-21H2,(H,46,47)/t28-/m1/s1. The zero-order valence-corrected chi connectivity index (χ0v) is 28.4. The summed E-state index contributed by atoms with van der Waals surface area (Å²) in [5.41, 5.74) is 2.27. The number of ether oxygens (including phenoxy) is 2. The summed E-state index contributed by atoms with van der Waals surface area (Å²) >= 11 is 0. The minimum atomic E-state index is -5.45. The van der Waals surface area contributed by atoms with Crippen LogP contribution in [0.5, 0.6) is 5.75 Å². The van der Waals surface area contributed by atoms with E-state index in [0.29, 0.717) is 23.1 Å². The van der Waals surface area contributed by atoms with Crippen LogP contribution in [-0.2, 0) is 32.7 Å². The van der Waals surface area contributed by atoms with Crippen LogP contribution in [0.25, 0.3) is 0 Å². The van der Waals surface area contributed by atoms with Crippen molar-refractivity contribution < 1.29 is 54.5 Å². The van der Waals surface area contributed by atoms with Gasteiger partial charge in [0.1, 0.15) is 24.0 Å². The number of carboxylic acids is 1. The van der Waals surface area contributed by atoms with Gasteiger partial charge >= 0.3 is 5.97 Å². The highest BCUT2D eigenvalue weighted by molar-refractivity contribution is 7.89. The molecule has 4 aromatic carbocycles. The predicted octanol–water partition coefficient (Wildman–Crippen LogP) is 6.94. The van der Waals surface area contributed by atoms with Crippen molar-refractivity contribution in [1.82, 2.24) is 4.31 Å². The molecular weight excluding hydrogens is 711 g/mol. The number of nitrogens with zero attached hydrogens (tertiary/aromatic N) is 2. The molecule has 15 heteroatoms. The zero-order chi connectivity index (χ0) is 37.2. The van der Waals surface area contributed by atoms with Gasteiger partial charge in [-0.2, -0.15) is 4.31 Å². The molecule has 0 saturated carbocycles. The smallest absolute Gasteiger partial charge is 0.339 e. The van der Waals surface area contributed by atoms with E-state index in [0.717, 1.165) is 24.0 Å². The Labute approximate surface area is 296 Å². The summed E-state index contributed by atoms with van der Waals surface area (Å²) < 4.78 is 111. The summed E-state index contributed by atoms with van der Waals surface area (Å²) in [7, 11) is -5.45. The third kappa shape index (κ3) is 7.38. The highest BCUT2D eigenvalue weighted by Crippen LogP contribution is 2.36. The Morgan fingerprint density at radius 2 is 1.46 bits per heavy atom. The summed E-state index contributed by atoms with van der Waals surface area (Å²) in [6.07, 6.45) is 1.56. The molecule has 2 aliphatic rings.